The molecule has 0 aliphatic heterocycles. The van der Waals surface area contributed by atoms with E-state index >= 15 is 0 Å². The molecule has 0 radical (unpaired) electrons. The Morgan fingerprint density at radius 2 is 2.00 bits per heavy atom. The second-order valence-corrected chi connectivity index (χ2v) is 3.14. The minimum atomic E-state index is -2.71. The number of hydrogen-bond acceptors (Lipinski definition) is 2. The first kappa shape index (κ1) is 8.59. The number of ketones is 1. The van der Waals surface area contributed by atoms with E-state index in [1.807, 2.05) is 0 Å². The zero-order valence-electron chi connectivity index (χ0n) is 6.36. The highest BCUT2D eigenvalue weighted by Gasteiger charge is 2.57. The van der Waals surface area contributed by atoms with Gasteiger partial charge in [0, 0.05) is 19.3 Å². The Morgan fingerprint density at radius 1 is 1.55 bits per heavy atom. The molecule has 1 aliphatic carbocycles. The van der Waals surface area contributed by atoms with Crippen LogP contribution in [0.4, 0.5) is 8.78 Å². The molecule has 4 heteroatoms. The van der Waals surface area contributed by atoms with Crippen LogP contribution >= 0.6 is 0 Å². The molecule has 2 N–H and O–H groups in total. The fraction of sp³-hybridized carbons (Fsp3) is 0.857. The smallest absolute Gasteiger partial charge is 0.252 e. The van der Waals surface area contributed by atoms with Gasteiger partial charge >= 0.3 is 0 Å². The largest absolute Gasteiger partial charge is 0.319 e. The summed E-state index contributed by atoms with van der Waals surface area (Å²) in [4.78, 5) is 10.9. The van der Waals surface area contributed by atoms with Crippen molar-refractivity contribution in [2.45, 2.75) is 37.6 Å². The Morgan fingerprint density at radius 3 is 2.27 bits per heavy atom. The maximum Gasteiger partial charge on any atom is 0.252 e. The third-order valence-electron chi connectivity index (χ3n) is 2.02. The topological polar surface area (TPSA) is 43.1 Å². The molecule has 2 nitrogen and oxygen atoms in total. The van der Waals surface area contributed by atoms with E-state index in [1.54, 1.807) is 6.92 Å². The van der Waals surface area contributed by atoms with E-state index in [4.69, 9.17) is 5.73 Å². The van der Waals surface area contributed by atoms with Crippen LogP contribution in [-0.4, -0.2) is 17.2 Å². The number of halogens is 2. The van der Waals surface area contributed by atoms with Gasteiger partial charge in [0.1, 0.15) is 0 Å². The summed E-state index contributed by atoms with van der Waals surface area (Å²) in [5.74, 6) is -2.97. The third-order valence-corrected chi connectivity index (χ3v) is 2.02. The summed E-state index contributed by atoms with van der Waals surface area (Å²) in [5.41, 5.74) is 4.18. The van der Waals surface area contributed by atoms with E-state index in [0.717, 1.165) is 0 Å². The van der Waals surface area contributed by atoms with Gasteiger partial charge in [0.2, 0.25) is 0 Å². The Bertz CT molecular complexity index is 183. The molecule has 0 saturated heterocycles. The summed E-state index contributed by atoms with van der Waals surface area (Å²) in [7, 11) is 0. The molecule has 0 bridgehead atoms. The van der Waals surface area contributed by atoms with Gasteiger partial charge in [-0.2, -0.15) is 0 Å². The Hall–Kier alpha value is -0.510. The van der Waals surface area contributed by atoms with Crippen LogP contribution in [0.2, 0.25) is 0 Å². The van der Waals surface area contributed by atoms with Gasteiger partial charge < -0.3 is 5.73 Å². The van der Waals surface area contributed by atoms with E-state index in [1.165, 1.54) is 0 Å². The van der Waals surface area contributed by atoms with Crippen LogP contribution in [0.1, 0.15) is 26.2 Å². The zero-order valence-corrected chi connectivity index (χ0v) is 6.36. The highest BCUT2D eigenvalue weighted by atomic mass is 19.3. The van der Waals surface area contributed by atoms with E-state index in [-0.39, 0.29) is 12.2 Å². The van der Waals surface area contributed by atoms with Crippen molar-refractivity contribution in [2.24, 2.45) is 5.73 Å². The van der Waals surface area contributed by atoms with Crippen LogP contribution in [0.15, 0.2) is 0 Å². The maximum absolute atomic E-state index is 12.3. The molecular formula is C7H11F2NO. The Kier molecular flexibility index (Phi) is 1.75. The summed E-state index contributed by atoms with van der Waals surface area (Å²) in [6.45, 7) is 1.63. The van der Waals surface area contributed by atoms with E-state index in [2.05, 4.69) is 0 Å². The lowest BCUT2D eigenvalue weighted by atomic mass is 9.71. The van der Waals surface area contributed by atoms with Crippen molar-refractivity contribution in [2.75, 3.05) is 0 Å². The zero-order chi connectivity index (χ0) is 8.70. The number of nitrogens with two attached hydrogens (primary N) is 1. The van der Waals surface area contributed by atoms with Crippen LogP contribution in [-0.2, 0) is 4.79 Å². The summed E-state index contributed by atoms with van der Waals surface area (Å²) in [5, 5.41) is 0. The van der Waals surface area contributed by atoms with E-state index in [9.17, 15) is 13.6 Å². The molecule has 1 rings (SSSR count). The van der Waals surface area contributed by atoms with Crippen molar-refractivity contribution in [3.63, 3.8) is 0 Å². The lowest BCUT2D eigenvalue weighted by molar-refractivity contribution is -0.153. The summed E-state index contributed by atoms with van der Waals surface area (Å²) in [6.07, 6.45) is -0.716. The molecule has 11 heavy (non-hydrogen) atoms. The molecule has 1 saturated carbocycles. The van der Waals surface area contributed by atoms with E-state index in [0.29, 0.717) is 0 Å². The fourth-order valence-electron chi connectivity index (χ4n) is 1.42. The standard InChI is InChI=1S/C7H11F2NO/c1-2-5(11)6(10)3-7(8,9)4-6/h2-4,10H2,1H3. The first-order chi connectivity index (χ1) is 4.90. The number of carbonyl (C=O) groups excluding carboxylic acids is 1. The fourth-order valence-corrected chi connectivity index (χ4v) is 1.42. The molecule has 1 fully saturated rings. The molecule has 0 aromatic heterocycles. The van der Waals surface area contributed by atoms with E-state index < -0.39 is 24.3 Å². The number of rotatable bonds is 2. The van der Waals surface area contributed by atoms with Gasteiger partial charge in [-0.15, -0.1) is 0 Å². The van der Waals surface area contributed by atoms with Gasteiger partial charge in [0.15, 0.2) is 5.78 Å². The Balaban J connectivity index is 2.56. The van der Waals surface area contributed by atoms with Crippen molar-refractivity contribution in [1.29, 1.82) is 0 Å². The van der Waals surface area contributed by atoms with Gasteiger partial charge in [-0.3, -0.25) is 4.79 Å². The average Bonchev–Trinajstić information content (AvgIpc) is 1.81. The second kappa shape index (κ2) is 2.24. The maximum atomic E-state index is 12.3. The SMILES string of the molecule is CCC(=O)C1(N)CC(F)(F)C1. The molecule has 1 aliphatic rings. The summed E-state index contributed by atoms with van der Waals surface area (Å²) < 4.78 is 24.6. The molecule has 0 unspecified atom stereocenters. The minimum Gasteiger partial charge on any atom is -0.319 e. The van der Waals surface area contributed by atoms with Gasteiger partial charge in [0.05, 0.1) is 5.54 Å². The molecule has 0 atom stereocenters. The highest BCUT2D eigenvalue weighted by Crippen LogP contribution is 2.44. The van der Waals surface area contributed by atoms with Crippen molar-refractivity contribution < 1.29 is 13.6 Å². The van der Waals surface area contributed by atoms with Crippen molar-refractivity contribution in [3.8, 4) is 0 Å². The number of alkyl halides is 2. The molecule has 0 heterocycles. The first-order valence-electron chi connectivity index (χ1n) is 3.60. The monoisotopic (exact) mass is 163 g/mol. The average molecular weight is 163 g/mol. The Labute approximate surface area is 63.8 Å². The van der Waals surface area contributed by atoms with Gasteiger partial charge in [-0.05, 0) is 0 Å². The van der Waals surface area contributed by atoms with Crippen LogP contribution in [0.5, 0.6) is 0 Å². The van der Waals surface area contributed by atoms with Gasteiger partial charge in [-0.1, -0.05) is 6.92 Å². The van der Waals surface area contributed by atoms with Crippen LogP contribution in [0.25, 0.3) is 0 Å². The molecule has 0 aromatic rings. The van der Waals surface area contributed by atoms with Crippen molar-refractivity contribution in [1.82, 2.24) is 0 Å². The molecule has 0 amide bonds. The highest BCUT2D eigenvalue weighted by molar-refractivity contribution is 5.89. The number of Topliss-reactive ketones (excluding diaryl/α,β-unsaturated/α-hetero) is 1. The quantitative estimate of drug-likeness (QED) is 0.662. The predicted molar refractivity (Wildman–Crippen MR) is 36.4 cm³/mol. The molecule has 64 valence electrons. The predicted octanol–water partition coefficient (Wildman–Crippen LogP) is 1.09. The van der Waals surface area contributed by atoms with Crippen molar-refractivity contribution in [3.05, 3.63) is 0 Å². The second-order valence-electron chi connectivity index (χ2n) is 3.14. The first-order valence-corrected chi connectivity index (χ1v) is 3.60. The molecule has 0 aromatic carbocycles. The summed E-state index contributed by atoms with van der Waals surface area (Å²) >= 11 is 0. The lowest BCUT2D eigenvalue weighted by Crippen LogP contribution is -2.62. The number of carbonyl (C=O) groups is 1. The van der Waals surface area contributed by atoms with Gasteiger partial charge in [-0.25, -0.2) is 8.78 Å². The summed E-state index contributed by atoms with van der Waals surface area (Å²) in [6, 6.07) is 0. The third kappa shape index (κ3) is 1.40. The van der Waals surface area contributed by atoms with Gasteiger partial charge in [0.25, 0.3) is 5.92 Å². The number of hydrogen-bond donors (Lipinski definition) is 1. The van der Waals surface area contributed by atoms with Crippen molar-refractivity contribution >= 4 is 5.78 Å². The van der Waals surface area contributed by atoms with Crippen LogP contribution in [0.3, 0.4) is 0 Å². The minimum absolute atomic E-state index is 0.243. The van der Waals surface area contributed by atoms with Crippen LogP contribution in [0, 0.1) is 0 Å². The molecule has 0 spiro atoms. The van der Waals surface area contributed by atoms with Crippen LogP contribution < -0.4 is 5.73 Å². The molecular weight excluding hydrogens is 152 g/mol. The lowest BCUT2D eigenvalue weighted by Gasteiger charge is -2.42. The normalized spacial score (nSPS) is 25.8.